The van der Waals surface area contributed by atoms with Gasteiger partial charge >= 0.3 is 0 Å². The Kier molecular flexibility index (Phi) is 7.07. The van der Waals surface area contributed by atoms with Crippen LogP contribution in [0.25, 0.3) is 10.9 Å². The number of primary amides is 1. The zero-order chi connectivity index (χ0) is 25.3. The van der Waals surface area contributed by atoms with Crippen molar-refractivity contribution in [2.75, 3.05) is 13.7 Å². The zero-order valence-corrected chi connectivity index (χ0v) is 19.7. The molecule has 2 heterocycles. The molecule has 0 saturated carbocycles. The molecule has 10 heteroatoms. The minimum Gasteiger partial charge on any atom is -0.497 e. The maximum Gasteiger partial charge on any atom is 0.250 e. The van der Waals surface area contributed by atoms with E-state index in [1.165, 1.54) is 34.9 Å². The van der Waals surface area contributed by atoms with E-state index in [4.69, 9.17) is 22.1 Å². The summed E-state index contributed by atoms with van der Waals surface area (Å²) in [6.45, 7) is -0.442. The number of carbonyl (C=O) groups excluding carboxylic acids is 3. The van der Waals surface area contributed by atoms with Crippen molar-refractivity contribution in [3.05, 3.63) is 64.6 Å². The van der Waals surface area contributed by atoms with Gasteiger partial charge in [0.15, 0.2) is 5.78 Å². The fourth-order valence-corrected chi connectivity index (χ4v) is 4.69. The highest BCUT2D eigenvalue weighted by Gasteiger charge is 2.39. The molecule has 2 N–H and O–H groups in total. The monoisotopic (exact) mass is 503 g/mol. The van der Waals surface area contributed by atoms with Gasteiger partial charge in [0, 0.05) is 30.5 Å². The average Bonchev–Trinajstić information content (AvgIpc) is 3.40. The Morgan fingerprint density at radius 3 is 2.71 bits per heavy atom. The molecular weight excluding hydrogens is 480 g/mol. The van der Waals surface area contributed by atoms with Crippen LogP contribution < -0.4 is 10.5 Å². The standard InChI is InChI=1S/C25H24ClF2N3O4/c1-35-16-6-7-17-18(25(29)34)12-30(20(17)10-16)13-23(33)31-11-15(27)9-21(31)22(32)8-5-14-3-2-4-19(26)24(14)28/h2-4,6-7,10,12,15,21H,5,8-9,11,13H2,1H3,(H2,29,34)/t15-,21+/m1/s1. The normalized spacial score (nSPS) is 17.7. The molecule has 3 aromatic rings. The Morgan fingerprint density at radius 1 is 1.23 bits per heavy atom. The summed E-state index contributed by atoms with van der Waals surface area (Å²) in [5, 5.41) is 0.509. The molecule has 0 unspecified atom stereocenters. The van der Waals surface area contributed by atoms with E-state index in [1.54, 1.807) is 24.3 Å². The second kappa shape index (κ2) is 10.0. The number of Topliss-reactive ketones (excluding diaryl/α,β-unsaturated/α-hetero) is 1. The van der Waals surface area contributed by atoms with E-state index in [1.807, 2.05) is 0 Å². The summed E-state index contributed by atoms with van der Waals surface area (Å²) >= 11 is 5.80. The number of halogens is 3. The summed E-state index contributed by atoms with van der Waals surface area (Å²) in [7, 11) is 1.49. The molecule has 35 heavy (non-hydrogen) atoms. The van der Waals surface area contributed by atoms with E-state index >= 15 is 0 Å². The fraction of sp³-hybridized carbons (Fsp3) is 0.320. The Labute approximate surface area is 205 Å². The van der Waals surface area contributed by atoms with E-state index in [0.29, 0.717) is 16.7 Å². The van der Waals surface area contributed by atoms with Gasteiger partial charge in [-0.05, 0) is 30.2 Å². The third-order valence-electron chi connectivity index (χ3n) is 6.27. The first kappa shape index (κ1) is 24.7. The van der Waals surface area contributed by atoms with Crippen LogP contribution in [0.2, 0.25) is 5.02 Å². The summed E-state index contributed by atoms with van der Waals surface area (Å²) in [6.07, 6.45) is 0.0265. The van der Waals surface area contributed by atoms with Crippen molar-refractivity contribution >= 4 is 40.1 Å². The third kappa shape index (κ3) is 5.00. The minimum absolute atomic E-state index is 0.0395. The zero-order valence-electron chi connectivity index (χ0n) is 19.0. The van der Waals surface area contributed by atoms with Crippen LogP contribution in [-0.4, -0.2) is 52.9 Å². The first-order valence-corrected chi connectivity index (χ1v) is 11.4. The number of likely N-dealkylation sites (tertiary alicyclic amines) is 1. The number of aromatic nitrogens is 1. The molecule has 1 aliphatic rings. The van der Waals surface area contributed by atoms with E-state index in [0.717, 1.165) is 0 Å². The van der Waals surface area contributed by atoms with Crippen LogP contribution >= 0.6 is 11.6 Å². The second-order valence-corrected chi connectivity index (χ2v) is 8.90. The second-order valence-electron chi connectivity index (χ2n) is 8.49. The molecule has 0 aliphatic carbocycles. The van der Waals surface area contributed by atoms with Crippen LogP contribution in [0.15, 0.2) is 42.6 Å². The van der Waals surface area contributed by atoms with Crippen molar-refractivity contribution in [2.45, 2.75) is 38.0 Å². The Morgan fingerprint density at radius 2 is 2.00 bits per heavy atom. The quantitative estimate of drug-likeness (QED) is 0.507. The van der Waals surface area contributed by atoms with Gasteiger partial charge in [-0.1, -0.05) is 23.7 Å². The van der Waals surface area contributed by atoms with Crippen molar-refractivity contribution in [3.8, 4) is 5.75 Å². The summed E-state index contributed by atoms with van der Waals surface area (Å²) in [4.78, 5) is 39.2. The van der Waals surface area contributed by atoms with Crippen LogP contribution in [0, 0.1) is 5.82 Å². The van der Waals surface area contributed by atoms with Gasteiger partial charge < -0.3 is 19.9 Å². The van der Waals surface area contributed by atoms with Crippen LogP contribution in [-0.2, 0) is 22.6 Å². The number of amides is 2. The van der Waals surface area contributed by atoms with Crippen LogP contribution in [0.4, 0.5) is 8.78 Å². The maximum atomic E-state index is 14.3. The molecule has 2 amide bonds. The molecular formula is C25H24ClF2N3O4. The van der Waals surface area contributed by atoms with Crippen LogP contribution in [0.5, 0.6) is 5.75 Å². The number of ketones is 1. The van der Waals surface area contributed by atoms with Crippen molar-refractivity contribution < 1.29 is 27.9 Å². The lowest BCUT2D eigenvalue weighted by molar-refractivity contribution is -0.138. The summed E-state index contributed by atoms with van der Waals surface area (Å²) in [5.74, 6) is -1.56. The number of carbonyl (C=O) groups is 3. The highest BCUT2D eigenvalue weighted by molar-refractivity contribution is 6.30. The van der Waals surface area contributed by atoms with Gasteiger partial charge in [-0.3, -0.25) is 14.4 Å². The van der Waals surface area contributed by atoms with Gasteiger partial charge in [0.1, 0.15) is 24.3 Å². The summed E-state index contributed by atoms with van der Waals surface area (Å²) < 4.78 is 35.3. The third-order valence-corrected chi connectivity index (χ3v) is 6.57. The molecule has 0 bridgehead atoms. The first-order chi connectivity index (χ1) is 16.7. The Hall–Kier alpha value is -3.46. The number of alkyl halides is 1. The lowest BCUT2D eigenvalue weighted by Crippen LogP contribution is -2.42. The van der Waals surface area contributed by atoms with Gasteiger partial charge in [-0.25, -0.2) is 8.78 Å². The first-order valence-electron chi connectivity index (χ1n) is 11.1. The van der Waals surface area contributed by atoms with Gasteiger partial charge in [-0.2, -0.15) is 0 Å². The van der Waals surface area contributed by atoms with Gasteiger partial charge in [0.2, 0.25) is 5.91 Å². The van der Waals surface area contributed by atoms with Crippen molar-refractivity contribution in [3.63, 3.8) is 0 Å². The highest BCUT2D eigenvalue weighted by atomic mass is 35.5. The van der Waals surface area contributed by atoms with Gasteiger partial charge in [0.25, 0.3) is 5.91 Å². The number of hydrogen-bond acceptors (Lipinski definition) is 4. The average molecular weight is 504 g/mol. The van der Waals surface area contributed by atoms with E-state index in [2.05, 4.69) is 0 Å². The smallest absolute Gasteiger partial charge is 0.250 e. The molecule has 0 spiro atoms. The molecule has 4 rings (SSSR count). The molecule has 0 radical (unpaired) electrons. The predicted molar refractivity (Wildman–Crippen MR) is 127 cm³/mol. The molecule has 1 saturated heterocycles. The Bertz CT molecular complexity index is 1310. The fourth-order valence-electron chi connectivity index (χ4n) is 4.49. The molecule has 2 aromatic carbocycles. The number of rotatable bonds is 8. The SMILES string of the molecule is COc1ccc2c(C(N)=O)cn(CC(=O)N3C[C@H](F)C[C@H]3C(=O)CCc3cccc(Cl)c3F)c2c1. The van der Waals surface area contributed by atoms with E-state index < -0.39 is 29.8 Å². The molecule has 7 nitrogen and oxygen atoms in total. The number of fused-ring (bicyclic) bond motifs is 1. The number of aryl methyl sites for hydroxylation is 1. The molecule has 1 aliphatic heterocycles. The highest BCUT2D eigenvalue weighted by Crippen LogP contribution is 2.28. The molecule has 184 valence electrons. The van der Waals surface area contributed by atoms with Crippen LogP contribution in [0.1, 0.15) is 28.8 Å². The summed E-state index contributed by atoms with van der Waals surface area (Å²) in [6, 6.07) is 8.59. The number of benzene rings is 2. The maximum absolute atomic E-state index is 14.3. The number of hydrogen-bond donors (Lipinski definition) is 1. The molecule has 1 fully saturated rings. The number of nitrogens with zero attached hydrogens (tertiary/aromatic N) is 2. The predicted octanol–water partition coefficient (Wildman–Crippen LogP) is 3.68. The largest absolute Gasteiger partial charge is 0.497 e. The molecule has 2 atom stereocenters. The number of methoxy groups -OCH3 is 1. The lowest BCUT2D eigenvalue weighted by Gasteiger charge is -2.24. The summed E-state index contributed by atoms with van der Waals surface area (Å²) in [5.41, 5.74) is 6.55. The minimum atomic E-state index is -1.35. The van der Waals surface area contributed by atoms with Crippen molar-refractivity contribution in [1.29, 1.82) is 0 Å². The van der Waals surface area contributed by atoms with Gasteiger partial charge in [-0.15, -0.1) is 0 Å². The van der Waals surface area contributed by atoms with Crippen LogP contribution in [0.3, 0.4) is 0 Å². The van der Waals surface area contributed by atoms with Crippen molar-refractivity contribution in [2.24, 2.45) is 5.73 Å². The topological polar surface area (TPSA) is 94.6 Å². The lowest BCUT2D eigenvalue weighted by atomic mass is 10.0. The Balaban J connectivity index is 1.53. The van der Waals surface area contributed by atoms with Gasteiger partial charge in [0.05, 0.1) is 35.8 Å². The number of nitrogens with two attached hydrogens (primary N) is 1. The van der Waals surface area contributed by atoms with E-state index in [9.17, 15) is 23.2 Å². The molecule has 1 aromatic heterocycles. The van der Waals surface area contributed by atoms with Crippen molar-refractivity contribution in [1.82, 2.24) is 9.47 Å². The van der Waals surface area contributed by atoms with E-state index in [-0.39, 0.29) is 54.3 Å². The number of ether oxygens (including phenoxy) is 1.